The van der Waals surface area contributed by atoms with Gasteiger partial charge in [0.2, 0.25) is 0 Å². The summed E-state index contributed by atoms with van der Waals surface area (Å²) in [5.41, 5.74) is 5.52. The Morgan fingerprint density at radius 2 is 1.92 bits per heavy atom. The van der Waals surface area contributed by atoms with Crippen LogP contribution in [0.25, 0.3) is 11.6 Å². The Kier molecular flexibility index (Phi) is 8.46. The highest BCUT2D eigenvalue weighted by atomic mass is 19.4. The number of H-pyrrole nitrogens is 1. The Morgan fingerprint density at radius 1 is 1.22 bits per heavy atom. The van der Waals surface area contributed by atoms with Crippen LogP contribution in [0.5, 0.6) is 0 Å². The van der Waals surface area contributed by atoms with Gasteiger partial charge in [-0.05, 0) is 55.8 Å². The molecule has 0 aliphatic carbocycles. The summed E-state index contributed by atoms with van der Waals surface area (Å²) in [6.07, 6.45) is -1.80. The molecule has 1 unspecified atom stereocenters. The number of anilines is 1. The van der Waals surface area contributed by atoms with Crippen molar-refractivity contribution in [3.05, 3.63) is 82.2 Å². The fraction of sp³-hybridized carbons (Fsp3) is 0.240. The number of aliphatic carboxylic acids is 1. The number of halogens is 4. The van der Waals surface area contributed by atoms with Crippen molar-refractivity contribution in [2.75, 3.05) is 11.9 Å². The van der Waals surface area contributed by atoms with E-state index in [9.17, 15) is 27.5 Å². The van der Waals surface area contributed by atoms with E-state index in [0.29, 0.717) is 35.5 Å². The van der Waals surface area contributed by atoms with E-state index in [4.69, 9.17) is 9.90 Å². The minimum absolute atomic E-state index is 0.280. The summed E-state index contributed by atoms with van der Waals surface area (Å²) in [4.78, 5) is 28.8. The van der Waals surface area contributed by atoms with E-state index < -0.39 is 24.2 Å². The molecule has 2 aromatic heterocycles. The van der Waals surface area contributed by atoms with Crippen molar-refractivity contribution in [2.45, 2.75) is 32.7 Å². The maximum Gasteiger partial charge on any atom is 0.490 e. The molecule has 0 radical (unpaired) electrons. The first-order valence-corrected chi connectivity index (χ1v) is 11.0. The number of amides is 1. The van der Waals surface area contributed by atoms with Gasteiger partial charge in [0.1, 0.15) is 12.0 Å². The predicted molar refractivity (Wildman–Crippen MR) is 128 cm³/mol. The summed E-state index contributed by atoms with van der Waals surface area (Å²) in [5.74, 6) is -3.44. The second kappa shape index (κ2) is 11.4. The second-order valence-corrected chi connectivity index (χ2v) is 8.14. The number of hydrogen-bond donors (Lipinski definition) is 5. The SMILES string of the molecule is Cc1[nH]c(/C=C2\C(=O)Nc3ccc(F)cc32)c(C)c1C(O)NCCc1ccccn1.O=C(O)C(F)(F)F. The molecule has 1 aliphatic rings. The van der Waals surface area contributed by atoms with Gasteiger partial charge < -0.3 is 20.5 Å². The lowest BCUT2D eigenvalue weighted by Gasteiger charge is -2.14. The van der Waals surface area contributed by atoms with Crippen LogP contribution in [0.3, 0.4) is 0 Å². The number of carboxylic acid groups (broad SMARTS) is 1. The molecule has 0 bridgehead atoms. The van der Waals surface area contributed by atoms with Crippen LogP contribution in [0.15, 0.2) is 42.6 Å². The number of hydrogen-bond acceptors (Lipinski definition) is 5. The summed E-state index contributed by atoms with van der Waals surface area (Å²) in [7, 11) is 0. The lowest BCUT2D eigenvalue weighted by molar-refractivity contribution is -0.192. The lowest BCUT2D eigenvalue weighted by Crippen LogP contribution is -2.24. The average molecular weight is 520 g/mol. The Bertz CT molecular complexity index is 1320. The topological polar surface area (TPSA) is 127 Å². The van der Waals surface area contributed by atoms with Gasteiger partial charge in [0.15, 0.2) is 0 Å². The Hall–Kier alpha value is -4.03. The Morgan fingerprint density at radius 3 is 2.54 bits per heavy atom. The van der Waals surface area contributed by atoms with Crippen LogP contribution in [0.4, 0.5) is 23.2 Å². The van der Waals surface area contributed by atoms with Crippen molar-refractivity contribution in [3.63, 3.8) is 0 Å². The number of benzene rings is 1. The van der Waals surface area contributed by atoms with Gasteiger partial charge in [0, 0.05) is 53.1 Å². The van der Waals surface area contributed by atoms with Gasteiger partial charge >= 0.3 is 12.1 Å². The molecule has 0 saturated carbocycles. The number of aryl methyl sites for hydroxylation is 1. The molecule has 196 valence electrons. The third-order valence-electron chi connectivity index (χ3n) is 5.55. The molecule has 5 N–H and O–H groups in total. The number of aliphatic hydroxyl groups is 1. The first-order chi connectivity index (χ1) is 17.4. The molecular weight excluding hydrogens is 496 g/mol. The number of aromatic nitrogens is 2. The Labute approximate surface area is 209 Å². The standard InChI is InChI=1S/C23H23FN4O2.C2HF3O2/c1-13-20(12-18-17-11-15(24)6-7-19(17)28-22(18)29)27-14(2)21(13)23(30)26-10-8-16-5-3-4-9-25-16;3-2(4,5)1(6)7/h3-7,9,11-12,23,26-27,30H,8,10H2,1-2H3,(H,28,29);(H,6,7)/b18-12-;. The molecule has 3 aromatic rings. The number of alkyl halides is 3. The lowest BCUT2D eigenvalue weighted by atomic mass is 10.0. The molecule has 1 aliphatic heterocycles. The van der Waals surface area contributed by atoms with Crippen molar-refractivity contribution in [1.82, 2.24) is 15.3 Å². The summed E-state index contributed by atoms with van der Waals surface area (Å²) < 4.78 is 45.4. The zero-order valence-electron chi connectivity index (χ0n) is 19.8. The average Bonchev–Trinajstić information content (AvgIpc) is 3.28. The van der Waals surface area contributed by atoms with E-state index >= 15 is 0 Å². The van der Waals surface area contributed by atoms with Gasteiger partial charge in [-0.2, -0.15) is 13.2 Å². The molecule has 0 spiro atoms. The minimum Gasteiger partial charge on any atom is -0.475 e. The molecule has 3 heterocycles. The number of nitrogens with one attached hydrogen (secondary N) is 3. The van der Waals surface area contributed by atoms with E-state index in [0.717, 1.165) is 22.5 Å². The van der Waals surface area contributed by atoms with Gasteiger partial charge in [-0.25, -0.2) is 9.18 Å². The number of carboxylic acids is 1. The molecule has 0 fully saturated rings. The summed E-state index contributed by atoms with van der Waals surface area (Å²) in [5, 5.41) is 23.7. The number of nitrogens with zero attached hydrogens (tertiary/aromatic N) is 1. The third kappa shape index (κ3) is 6.80. The van der Waals surface area contributed by atoms with Crippen LogP contribution in [0.2, 0.25) is 0 Å². The fourth-order valence-corrected chi connectivity index (χ4v) is 3.78. The van der Waals surface area contributed by atoms with E-state index in [1.807, 2.05) is 32.0 Å². The van der Waals surface area contributed by atoms with Crippen molar-refractivity contribution in [1.29, 1.82) is 0 Å². The summed E-state index contributed by atoms with van der Waals surface area (Å²) in [6, 6.07) is 9.96. The fourth-order valence-electron chi connectivity index (χ4n) is 3.78. The predicted octanol–water partition coefficient (Wildman–Crippen LogP) is 4.11. The van der Waals surface area contributed by atoms with Crippen LogP contribution in [0.1, 0.15) is 40.0 Å². The highest BCUT2D eigenvalue weighted by Crippen LogP contribution is 2.35. The smallest absolute Gasteiger partial charge is 0.475 e. The van der Waals surface area contributed by atoms with Crippen molar-refractivity contribution < 1.29 is 37.4 Å². The van der Waals surface area contributed by atoms with E-state index in [1.54, 1.807) is 18.3 Å². The van der Waals surface area contributed by atoms with E-state index in [-0.39, 0.29) is 5.91 Å². The number of fused-ring (bicyclic) bond motifs is 1. The molecule has 1 aromatic carbocycles. The molecule has 1 amide bonds. The van der Waals surface area contributed by atoms with Gasteiger partial charge in [-0.3, -0.25) is 15.1 Å². The number of aromatic amines is 1. The van der Waals surface area contributed by atoms with Crippen LogP contribution in [-0.2, 0) is 16.0 Å². The van der Waals surface area contributed by atoms with Crippen LogP contribution in [-0.4, -0.2) is 44.8 Å². The minimum atomic E-state index is -5.08. The molecular formula is C25H24F4N4O4. The quantitative estimate of drug-likeness (QED) is 0.189. The van der Waals surface area contributed by atoms with Gasteiger partial charge in [-0.15, -0.1) is 0 Å². The highest BCUT2D eigenvalue weighted by Gasteiger charge is 2.38. The zero-order chi connectivity index (χ0) is 27.3. The largest absolute Gasteiger partial charge is 0.490 e. The second-order valence-electron chi connectivity index (χ2n) is 8.14. The number of aliphatic hydroxyl groups excluding tert-OH is 1. The van der Waals surface area contributed by atoms with Crippen LogP contribution < -0.4 is 10.6 Å². The van der Waals surface area contributed by atoms with Gasteiger partial charge in [0.05, 0.1) is 5.57 Å². The van der Waals surface area contributed by atoms with Gasteiger partial charge in [-0.1, -0.05) is 6.07 Å². The Balaban J connectivity index is 0.000000479. The summed E-state index contributed by atoms with van der Waals surface area (Å²) in [6.45, 7) is 4.32. The van der Waals surface area contributed by atoms with Gasteiger partial charge in [0.25, 0.3) is 5.91 Å². The first kappa shape index (κ1) is 27.6. The molecule has 1 atom stereocenters. The highest BCUT2D eigenvalue weighted by molar-refractivity contribution is 6.34. The number of pyridine rings is 1. The number of carbonyl (C=O) groups excluding carboxylic acids is 1. The third-order valence-corrected chi connectivity index (χ3v) is 5.55. The van der Waals surface area contributed by atoms with Crippen molar-refractivity contribution >= 4 is 29.2 Å². The first-order valence-electron chi connectivity index (χ1n) is 11.0. The van der Waals surface area contributed by atoms with Crippen molar-refractivity contribution in [3.8, 4) is 0 Å². The van der Waals surface area contributed by atoms with E-state index in [1.165, 1.54) is 12.1 Å². The van der Waals surface area contributed by atoms with Crippen molar-refractivity contribution in [2.24, 2.45) is 0 Å². The van der Waals surface area contributed by atoms with Crippen LogP contribution in [0, 0.1) is 19.7 Å². The normalized spacial score (nSPS) is 14.6. The summed E-state index contributed by atoms with van der Waals surface area (Å²) >= 11 is 0. The molecule has 4 rings (SSSR count). The maximum atomic E-state index is 13.7. The molecule has 37 heavy (non-hydrogen) atoms. The number of rotatable bonds is 6. The maximum absolute atomic E-state index is 13.7. The molecule has 0 saturated heterocycles. The molecule has 8 nitrogen and oxygen atoms in total. The molecule has 12 heteroatoms. The zero-order valence-corrected chi connectivity index (χ0v) is 19.8. The van der Waals surface area contributed by atoms with Crippen LogP contribution >= 0.6 is 0 Å². The monoisotopic (exact) mass is 520 g/mol. The number of carbonyl (C=O) groups is 2. The van der Waals surface area contributed by atoms with E-state index in [2.05, 4.69) is 20.6 Å².